The highest BCUT2D eigenvalue weighted by Gasteiger charge is 2.27. The number of amides is 1. The van der Waals surface area contributed by atoms with Crippen LogP contribution in [0.3, 0.4) is 0 Å². The molecule has 154 valence electrons. The third-order valence-electron chi connectivity index (χ3n) is 4.93. The smallest absolute Gasteiger partial charge is 0.311 e. The number of anilines is 1. The van der Waals surface area contributed by atoms with E-state index in [1.165, 1.54) is 19.2 Å². The van der Waals surface area contributed by atoms with Gasteiger partial charge in [-0.3, -0.25) is 9.59 Å². The van der Waals surface area contributed by atoms with E-state index in [9.17, 15) is 14.0 Å². The Morgan fingerprint density at radius 3 is 2.38 bits per heavy atom. The van der Waals surface area contributed by atoms with Gasteiger partial charge in [-0.05, 0) is 36.8 Å². The topological polar surface area (TPSA) is 59.1 Å². The van der Waals surface area contributed by atoms with Gasteiger partial charge in [0.2, 0.25) is 0 Å². The minimum absolute atomic E-state index is 0.111. The SMILES string of the molecule is COc1ccc(CC(=O)O[C@@H](C)C(=O)N2CCN(c3ccccc3)CC2)cc1F. The highest BCUT2D eigenvalue weighted by atomic mass is 19.1. The second kappa shape index (κ2) is 9.41. The molecule has 0 N–H and O–H groups in total. The number of para-hydroxylation sites is 1. The van der Waals surface area contributed by atoms with Crippen LogP contribution in [0.2, 0.25) is 0 Å². The Morgan fingerprint density at radius 2 is 1.76 bits per heavy atom. The summed E-state index contributed by atoms with van der Waals surface area (Å²) in [7, 11) is 1.37. The van der Waals surface area contributed by atoms with Crippen LogP contribution in [0.15, 0.2) is 48.5 Å². The fraction of sp³-hybridized carbons (Fsp3) is 0.364. The summed E-state index contributed by atoms with van der Waals surface area (Å²) in [5, 5.41) is 0. The summed E-state index contributed by atoms with van der Waals surface area (Å²) in [6.45, 7) is 4.15. The Labute approximate surface area is 169 Å². The summed E-state index contributed by atoms with van der Waals surface area (Å²) < 4.78 is 23.9. The fourth-order valence-corrected chi connectivity index (χ4v) is 3.36. The predicted octanol–water partition coefficient (Wildman–Crippen LogP) is 2.66. The molecule has 29 heavy (non-hydrogen) atoms. The van der Waals surface area contributed by atoms with Crippen molar-refractivity contribution in [2.75, 3.05) is 38.2 Å². The second-order valence-corrected chi connectivity index (χ2v) is 6.93. The van der Waals surface area contributed by atoms with Crippen molar-refractivity contribution in [2.24, 2.45) is 0 Å². The van der Waals surface area contributed by atoms with Crippen molar-refractivity contribution in [3.05, 3.63) is 59.9 Å². The minimum Gasteiger partial charge on any atom is -0.494 e. The number of hydrogen-bond acceptors (Lipinski definition) is 5. The van der Waals surface area contributed by atoms with Crippen LogP contribution >= 0.6 is 0 Å². The first-order valence-corrected chi connectivity index (χ1v) is 9.58. The van der Waals surface area contributed by atoms with Crippen molar-refractivity contribution in [3.8, 4) is 5.75 Å². The Balaban J connectivity index is 1.49. The van der Waals surface area contributed by atoms with Gasteiger partial charge in [0, 0.05) is 31.9 Å². The summed E-state index contributed by atoms with van der Waals surface area (Å²) in [5.41, 5.74) is 1.59. The van der Waals surface area contributed by atoms with Gasteiger partial charge in [-0.1, -0.05) is 24.3 Å². The molecule has 0 spiro atoms. The maximum atomic E-state index is 13.7. The van der Waals surface area contributed by atoms with E-state index in [0.29, 0.717) is 18.7 Å². The summed E-state index contributed by atoms with van der Waals surface area (Å²) in [4.78, 5) is 28.7. The first-order valence-electron chi connectivity index (χ1n) is 9.58. The molecule has 1 saturated heterocycles. The number of rotatable bonds is 6. The first kappa shape index (κ1) is 20.6. The molecule has 0 aromatic heterocycles. The van der Waals surface area contributed by atoms with Crippen LogP contribution in [0, 0.1) is 5.82 Å². The van der Waals surface area contributed by atoms with Gasteiger partial charge in [0.05, 0.1) is 13.5 Å². The molecule has 2 aromatic carbocycles. The van der Waals surface area contributed by atoms with Crippen molar-refractivity contribution in [2.45, 2.75) is 19.4 Å². The number of carbonyl (C=O) groups excluding carboxylic acids is 2. The van der Waals surface area contributed by atoms with Gasteiger partial charge >= 0.3 is 5.97 Å². The van der Waals surface area contributed by atoms with E-state index in [1.54, 1.807) is 17.9 Å². The number of nitrogens with zero attached hydrogens (tertiary/aromatic N) is 2. The number of piperazine rings is 1. The Kier molecular flexibility index (Phi) is 6.69. The summed E-state index contributed by atoms with van der Waals surface area (Å²) in [5.74, 6) is -1.22. The van der Waals surface area contributed by atoms with Crippen LogP contribution in [0.1, 0.15) is 12.5 Å². The molecule has 1 heterocycles. The molecule has 2 aromatic rings. The Hall–Kier alpha value is -3.09. The molecule has 1 aliphatic heterocycles. The van der Waals surface area contributed by atoms with E-state index in [1.807, 2.05) is 30.3 Å². The third-order valence-corrected chi connectivity index (χ3v) is 4.93. The standard InChI is InChI=1S/C22H25FN2O4/c1-16(29-21(26)15-17-8-9-20(28-2)19(23)14-17)22(27)25-12-10-24(11-13-25)18-6-4-3-5-7-18/h3-9,14,16H,10-13,15H2,1-2H3/t16-/m0/s1. The molecule has 0 unspecified atom stereocenters. The third kappa shape index (κ3) is 5.25. The van der Waals surface area contributed by atoms with Crippen molar-refractivity contribution in [1.29, 1.82) is 0 Å². The zero-order chi connectivity index (χ0) is 20.8. The molecule has 0 saturated carbocycles. The van der Waals surface area contributed by atoms with Gasteiger partial charge < -0.3 is 19.3 Å². The predicted molar refractivity (Wildman–Crippen MR) is 107 cm³/mol. The summed E-state index contributed by atoms with van der Waals surface area (Å²) >= 11 is 0. The summed E-state index contributed by atoms with van der Waals surface area (Å²) in [6, 6.07) is 14.3. The number of esters is 1. The number of halogens is 1. The van der Waals surface area contributed by atoms with E-state index in [2.05, 4.69) is 4.90 Å². The molecule has 1 aliphatic rings. The number of ether oxygens (including phenoxy) is 2. The molecule has 0 aliphatic carbocycles. The quantitative estimate of drug-likeness (QED) is 0.698. The molecule has 1 fully saturated rings. The first-order chi connectivity index (χ1) is 14.0. The van der Waals surface area contributed by atoms with Gasteiger partial charge in [0.1, 0.15) is 0 Å². The molecule has 0 radical (unpaired) electrons. The lowest BCUT2D eigenvalue weighted by Crippen LogP contribution is -2.51. The van der Waals surface area contributed by atoms with Crippen LogP contribution in [0.4, 0.5) is 10.1 Å². The maximum absolute atomic E-state index is 13.7. The number of benzene rings is 2. The molecule has 6 nitrogen and oxygen atoms in total. The number of hydrogen-bond donors (Lipinski definition) is 0. The van der Waals surface area contributed by atoms with Crippen molar-refractivity contribution in [1.82, 2.24) is 4.90 Å². The monoisotopic (exact) mass is 400 g/mol. The van der Waals surface area contributed by atoms with Crippen molar-refractivity contribution in [3.63, 3.8) is 0 Å². The lowest BCUT2D eigenvalue weighted by molar-refractivity contribution is -0.158. The van der Waals surface area contributed by atoms with Gasteiger partial charge in [-0.2, -0.15) is 0 Å². The number of methoxy groups -OCH3 is 1. The highest BCUT2D eigenvalue weighted by molar-refractivity contribution is 5.84. The molecular weight excluding hydrogens is 375 g/mol. The Bertz CT molecular complexity index is 851. The molecule has 1 atom stereocenters. The van der Waals surface area contributed by atoms with Gasteiger partial charge in [0.25, 0.3) is 5.91 Å². The van der Waals surface area contributed by atoms with E-state index >= 15 is 0 Å². The van der Waals surface area contributed by atoms with Gasteiger partial charge in [-0.25, -0.2) is 4.39 Å². The van der Waals surface area contributed by atoms with Gasteiger partial charge in [0.15, 0.2) is 17.7 Å². The maximum Gasteiger partial charge on any atom is 0.311 e. The van der Waals surface area contributed by atoms with E-state index < -0.39 is 17.9 Å². The molecular formula is C22H25FN2O4. The normalized spacial score (nSPS) is 15.0. The fourth-order valence-electron chi connectivity index (χ4n) is 3.36. The lowest BCUT2D eigenvalue weighted by Gasteiger charge is -2.37. The van der Waals surface area contributed by atoms with Crippen molar-refractivity contribution < 1.29 is 23.5 Å². The molecule has 7 heteroatoms. The highest BCUT2D eigenvalue weighted by Crippen LogP contribution is 2.19. The van der Waals surface area contributed by atoms with Crippen LogP contribution in [0.5, 0.6) is 5.75 Å². The summed E-state index contributed by atoms with van der Waals surface area (Å²) in [6.07, 6.45) is -0.991. The van der Waals surface area contributed by atoms with Crippen LogP contribution in [-0.4, -0.2) is 56.2 Å². The van der Waals surface area contributed by atoms with Crippen LogP contribution < -0.4 is 9.64 Å². The van der Waals surface area contributed by atoms with E-state index in [0.717, 1.165) is 18.8 Å². The lowest BCUT2D eigenvalue weighted by atomic mass is 10.1. The Morgan fingerprint density at radius 1 is 1.07 bits per heavy atom. The zero-order valence-electron chi connectivity index (χ0n) is 16.6. The largest absolute Gasteiger partial charge is 0.494 e. The average molecular weight is 400 g/mol. The van der Waals surface area contributed by atoms with Crippen molar-refractivity contribution >= 4 is 17.6 Å². The zero-order valence-corrected chi connectivity index (χ0v) is 16.6. The number of carbonyl (C=O) groups is 2. The minimum atomic E-state index is -0.881. The second-order valence-electron chi connectivity index (χ2n) is 6.93. The van der Waals surface area contributed by atoms with E-state index in [4.69, 9.17) is 9.47 Å². The van der Waals surface area contributed by atoms with E-state index in [-0.39, 0.29) is 18.1 Å². The van der Waals surface area contributed by atoms with Crippen LogP contribution in [0.25, 0.3) is 0 Å². The van der Waals surface area contributed by atoms with Crippen LogP contribution in [-0.2, 0) is 20.7 Å². The molecule has 1 amide bonds. The van der Waals surface area contributed by atoms with Gasteiger partial charge in [-0.15, -0.1) is 0 Å². The molecule has 3 rings (SSSR count). The average Bonchev–Trinajstić information content (AvgIpc) is 2.74. The molecule has 0 bridgehead atoms.